The van der Waals surface area contributed by atoms with Gasteiger partial charge in [0.05, 0.1) is 19.0 Å². The van der Waals surface area contributed by atoms with Gasteiger partial charge in [0.2, 0.25) is 5.91 Å². The highest BCUT2D eigenvalue weighted by atomic mass is 35.5. The minimum atomic E-state index is -3.15. The largest absolute Gasteiger partial charge is 0.385 e. The molecule has 2 N–H and O–H groups in total. The Morgan fingerprint density at radius 3 is 2.62 bits per heavy atom. The molecule has 2 fully saturated rings. The van der Waals surface area contributed by atoms with Crippen molar-refractivity contribution in [1.82, 2.24) is 10.2 Å². The van der Waals surface area contributed by atoms with Crippen molar-refractivity contribution in [2.75, 3.05) is 26.2 Å². The van der Waals surface area contributed by atoms with Gasteiger partial charge in [-0.05, 0) is 13.0 Å². The number of aliphatic hydroxyl groups is 1. The van der Waals surface area contributed by atoms with Crippen molar-refractivity contribution in [3.8, 4) is 0 Å². The highest BCUT2D eigenvalue weighted by Gasteiger charge is 2.49. The normalized spacial score (nSPS) is 32.6. The number of hydrogen-bond donors (Lipinski definition) is 2. The molecule has 0 radical (unpaired) electrons. The fourth-order valence-electron chi connectivity index (χ4n) is 2.06. The first-order valence-electron chi connectivity index (χ1n) is 5.06. The van der Waals surface area contributed by atoms with E-state index in [9.17, 15) is 13.6 Å². The Kier molecular flexibility index (Phi) is 4.09. The van der Waals surface area contributed by atoms with Crippen LogP contribution in [0.4, 0.5) is 8.78 Å². The summed E-state index contributed by atoms with van der Waals surface area (Å²) in [5, 5.41) is 12.1. The number of halogens is 3. The van der Waals surface area contributed by atoms with Crippen LogP contribution < -0.4 is 5.32 Å². The summed E-state index contributed by atoms with van der Waals surface area (Å²) in [6.45, 7) is 0.409. The highest BCUT2D eigenvalue weighted by Crippen LogP contribution is 2.29. The Bertz CT molecular complexity index is 272. The molecule has 0 bridgehead atoms. The SMILES string of the molecule is Cl.O=C(C1CCNC1)N1CC(O)C(F)(F)C1. The van der Waals surface area contributed by atoms with E-state index < -0.39 is 18.6 Å². The number of β-amino-alcohol motifs (C(OH)–C–C–N with tert-alkyl or cyclic N) is 1. The van der Waals surface area contributed by atoms with Crippen molar-refractivity contribution in [2.24, 2.45) is 5.92 Å². The van der Waals surface area contributed by atoms with E-state index in [-0.39, 0.29) is 30.8 Å². The maximum atomic E-state index is 13.0. The first-order chi connectivity index (χ1) is 7.00. The second-order valence-corrected chi connectivity index (χ2v) is 4.19. The fraction of sp³-hybridized carbons (Fsp3) is 0.889. The molecule has 94 valence electrons. The number of hydrogen-bond acceptors (Lipinski definition) is 3. The monoisotopic (exact) mass is 256 g/mol. The van der Waals surface area contributed by atoms with E-state index in [0.717, 1.165) is 11.4 Å². The Hall–Kier alpha value is -0.460. The summed E-state index contributed by atoms with van der Waals surface area (Å²) in [5.74, 6) is -3.62. The number of likely N-dealkylation sites (tertiary alicyclic amines) is 1. The molecule has 0 spiro atoms. The van der Waals surface area contributed by atoms with E-state index >= 15 is 0 Å². The molecule has 0 aliphatic carbocycles. The molecule has 7 heteroatoms. The van der Waals surface area contributed by atoms with Crippen LogP contribution in [0.2, 0.25) is 0 Å². The van der Waals surface area contributed by atoms with Gasteiger partial charge in [0.25, 0.3) is 5.92 Å². The van der Waals surface area contributed by atoms with Crippen LogP contribution in [0.5, 0.6) is 0 Å². The molecule has 2 rings (SSSR count). The van der Waals surface area contributed by atoms with Crippen LogP contribution in [0.3, 0.4) is 0 Å². The third-order valence-corrected chi connectivity index (χ3v) is 3.00. The summed E-state index contributed by atoms with van der Waals surface area (Å²) in [5.41, 5.74) is 0. The van der Waals surface area contributed by atoms with Crippen molar-refractivity contribution in [2.45, 2.75) is 18.4 Å². The number of nitrogens with one attached hydrogen (secondary N) is 1. The molecule has 16 heavy (non-hydrogen) atoms. The van der Waals surface area contributed by atoms with Crippen LogP contribution in [0.1, 0.15) is 6.42 Å². The van der Waals surface area contributed by atoms with Crippen LogP contribution >= 0.6 is 12.4 Å². The molecule has 1 amide bonds. The Labute approximate surface area is 98.4 Å². The van der Waals surface area contributed by atoms with Crippen LogP contribution in [0.15, 0.2) is 0 Å². The van der Waals surface area contributed by atoms with E-state index in [1.165, 1.54) is 0 Å². The lowest BCUT2D eigenvalue weighted by molar-refractivity contribution is -0.135. The maximum Gasteiger partial charge on any atom is 0.292 e. The molecule has 0 aromatic carbocycles. The molecular formula is C9H15ClF2N2O2. The lowest BCUT2D eigenvalue weighted by Gasteiger charge is -2.19. The Morgan fingerprint density at radius 2 is 2.19 bits per heavy atom. The number of amides is 1. The number of aliphatic hydroxyl groups excluding tert-OH is 1. The minimum absolute atomic E-state index is 0. The summed E-state index contributed by atoms with van der Waals surface area (Å²) in [6, 6.07) is 0. The smallest absolute Gasteiger partial charge is 0.292 e. The Balaban J connectivity index is 0.00000128. The zero-order valence-electron chi connectivity index (χ0n) is 8.66. The van der Waals surface area contributed by atoms with Crippen molar-refractivity contribution in [3.05, 3.63) is 0 Å². The lowest BCUT2D eigenvalue weighted by Crippen LogP contribution is -2.36. The second kappa shape index (κ2) is 4.81. The minimum Gasteiger partial charge on any atom is -0.385 e. The Morgan fingerprint density at radius 1 is 1.50 bits per heavy atom. The van der Waals surface area contributed by atoms with Gasteiger partial charge in [0.1, 0.15) is 6.10 Å². The summed E-state index contributed by atoms with van der Waals surface area (Å²) in [6.07, 6.45) is -1.02. The van der Waals surface area contributed by atoms with E-state index in [0.29, 0.717) is 13.0 Å². The zero-order chi connectivity index (χ0) is 11.1. The number of nitrogens with zero attached hydrogens (tertiary/aromatic N) is 1. The van der Waals surface area contributed by atoms with E-state index in [2.05, 4.69) is 5.32 Å². The topological polar surface area (TPSA) is 52.6 Å². The number of alkyl halides is 2. The molecule has 4 nitrogen and oxygen atoms in total. The van der Waals surface area contributed by atoms with E-state index in [1.807, 2.05) is 0 Å². The van der Waals surface area contributed by atoms with Gasteiger partial charge in [-0.2, -0.15) is 0 Å². The predicted molar refractivity (Wildman–Crippen MR) is 55.8 cm³/mol. The molecule has 2 heterocycles. The van der Waals surface area contributed by atoms with Gasteiger partial charge in [-0.25, -0.2) is 8.78 Å². The van der Waals surface area contributed by atoms with Gasteiger partial charge in [-0.15, -0.1) is 12.4 Å². The molecule has 2 aliphatic rings. The van der Waals surface area contributed by atoms with Gasteiger partial charge in [0.15, 0.2) is 0 Å². The van der Waals surface area contributed by atoms with Crippen LogP contribution in [0, 0.1) is 5.92 Å². The number of carbonyl (C=O) groups is 1. The third-order valence-electron chi connectivity index (χ3n) is 3.00. The molecule has 0 aromatic heterocycles. The predicted octanol–water partition coefficient (Wildman–Crippen LogP) is -0.144. The summed E-state index contributed by atoms with van der Waals surface area (Å²) >= 11 is 0. The van der Waals surface area contributed by atoms with Crippen LogP contribution in [-0.2, 0) is 4.79 Å². The van der Waals surface area contributed by atoms with Crippen molar-refractivity contribution >= 4 is 18.3 Å². The van der Waals surface area contributed by atoms with Gasteiger partial charge in [0, 0.05) is 6.54 Å². The van der Waals surface area contributed by atoms with Crippen molar-refractivity contribution in [1.29, 1.82) is 0 Å². The first-order valence-corrected chi connectivity index (χ1v) is 5.06. The molecular weight excluding hydrogens is 242 g/mol. The number of rotatable bonds is 1. The molecule has 2 atom stereocenters. The van der Waals surface area contributed by atoms with Gasteiger partial charge < -0.3 is 15.3 Å². The second-order valence-electron chi connectivity index (χ2n) is 4.19. The quantitative estimate of drug-likeness (QED) is 0.687. The standard InChI is InChI=1S/C9H14F2N2O2.ClH/c10-9(11)5-13(4-7(9)14)8(15)6-1-2-12-3-6;/h6-7,12,14H,1-5H2;1H. The van der Waals surface area contributed by atoms with Crippen molar-refractivity contribution in [3.63, 3.8) is 0 Å². The van der Waals surface area contributed by atoms with E-state index in [1.54, 1.807) is 0 Å². The zero-order valence-corrected chi connectivity index (χ0v) is 9.47. The van der Waals surface area contributed by atoms with Gasteiger partial charge in [-0.1, -0.05) is 0 Å². The number of carbonyl (C=O) groups excluding carboxylic acids is 1. The molecule has 2 aliphatic heterocycles. The van der Waals surface area contributed by atoms with E-state index in [4.69, 9.17) is 5.11 Å². The summed E-state index contributed by atoms with van der Waals surface area (Å²) in [7, 11) is 0. The molecule has 0 aromatic rings. The van der Waals surface area contributed by atoms with Gasteiger partial charge in [-0.3, -0.25) is 4.79 Å². The summed E-state index contributed by atoms with van der Waals surface area (Å²) < 4.78 is 26.0. The lowest BCUT2D eigenvalue weighted by atomic mass is 10.1. The first kappa shape index (κ1) is 13.6. The van der Waals surface area contributed by atoms with Gasteiger partial charge >= 0.3 is 0 Å². The molecule has 2 unspecified atom stereocenters. The summed E-state index contributed by atoms with van der Waals surface area (Å²) in [4.78, 5) is 12.8. The van der Waals surface area contributed by atoms with Crippen LogP contribution in [-0.4, -0.2) is 54.1 Å². The maximum absolute atomic E-state index is 13.0. The molecule has 2 saturated heterocycles. The average Bonchev–Trinajstić information content (AvgIpc) is 2.74. The fourth-order valence-corrected chi connectivity index (χ4v) is 2.06. The highest BCUT2D eigenvalue weighted by molar-refractivity contribution is 5.85. The molecule has 0 saturated carbocycles. The van der Waals surface area contributed by atoms with Crippen LogP contribution in [0.25, 0.3) is 0 Å². The third kappa shape index (κ3) is 2.44. The average molecular weight is 257 g/mol. The van der Waals surface area contributed by atoms with Crippen molar-refractivity contribution < 1.29 is 18.7 Å².